The van der Waals surface area contributed by atoms with Gasteiger partial charge in [-0.2, -0.15) is 0 Å². The van der Waals surface area contributed by atoms with Crippen LogP contribution in [-0.4, -0.2) is 325 Å². The van der Waals surface area contributed by atoms with Crippen molar-refractivity contribution in [2.45, 2.75) is 295 Å². The number of ketones is 1. The standard InChI is InChI=1S/C88H138N17O24P3S3/c89-66(107)26-43-103-78(119)54-63(86(103)127)133-48-31-70(111)94-36-16-4-6-18-41-97-82(123)59(23-12-20-39-92-69(110)28-45-104-79(120)55-64(87(104)128)134-49-32-71(112)93-35-14-2-1-13-34-90-67(108)24-11-8-19-38-91-68(109)27-44-101-76(117)52-61(131)84(101)125)99-74(115)30-47-105-80(121)56-65(88(105)129)135-50-33-72(113)95-37-15-3-5-17-40-96-81(122)58(98-73(114)29-46-102-77(118)53-62(132)85(102)126)22-10-7-9-21-57(106)25-42-100-75(116)51-60(130)83(100)124/h58-65H,1-56,130-132H2,(H2,89,107)(H,90,108)(H,91,109)(H,92,110)(H,93,112)(H,94,111)(H,95,113)(H,96,122)(H,97,123)(H,98,114)(H,99,115)/t58?,59-,60?,61?,62?,63?,64?,65?/m0/s1. The van der Waals surface area contributed by atoms with E-state index in [2.05, 4.69) is 80.9 Å². The molecule has 6 saturated heterocycles. The van der Waals surface area contributed by atoms with Crippen molar-refractivity contribution in [1.29, 1.82) is 0 Å². The van der Waals surface area contributed by atoms with E-state index >= 15 is 0 Å². The maximum Gasteiger partial charge on any atom is 0.242 e. The van der Waals surface area contributed by atoms with E-state index in [1.807, 2.05) is 0 Å². The van der Waals surface area contributed by atoms with Crippen molar-refractivity contribution < 1.29 is 115 Å². The topological polar surface area (TPSA) is 575 Å². The Bertz CT molecular complexity index is 4180. The number of rotatable bonds is 72. The summed E-state index contributed by atoms with van der Waals surface area (Å²) in [6.45, 7) is 2.29. The minimum absolute atomic E-state index is 0.0201. The highest BCUT2D eigenvalue weighted by Gasteiger charge is 2.43. The van der Waals surface area contributed by atoms with Crippen molar-refractivity contribution in [1.82, 2.24) is 82.6 Å². The highest BCUT2D eigenvalue weighted by atomic mass is 32.2. The summed E-state index contributed by atoms with van der Waals surface area (Å²) >= 11 is 3.54. The zero-order valence-corrected chi connectivity index (χ0v) is 83.1. The normalized spacial score (nSPS) is 18.8. The van der Waals surface area contributed by atoms with Gasteiger partial charge in [-0.15, -0.1) is 63.0 Å². The molecule has 41 nitrogen and oxygen atoms in total. The smallest absolute Gasteiger partial charge is 0.242 e. The predicted octanol–water partition coefficient (Wildman–Crippen LogP) is 0.403. The molecule has 6 rings (SSSR count). The quantitative estimate of drug-likeness (QED) is 0.0223. The number of nitrogens with two attached hydrogens (primary N) is 1. The number of nitrogens with one attached hydrogen (secondary N) is 10. The Labute approximate surface area is 807 Å². The number of thioether (sulfide) groups is 3. The van der Waals surface area contributed by atoms with Crippen molar-refractivity contribution in [3.63, 3.8) is 0 Å². The van der Waals surface area contributed by atoms with Gasteiger partial charge in [0.2, 0.25) is 136 Å². The van der Waals surface area contributed by atoms with Gasteiger partial charge in [0.1, 0.15) is 17.9 Å². The van der Waals surface area contributed by atoms with Gasteiger partial charge in [0, 0.05) is 218 Å². The molecule has 23 amide bonds. The number of imide groups is 6. The van der Waals surface area contributed by atoms with Gasteiger partial charge in [-0.05, 0) is 83.5 Å². The molecular weight excluding hydrogens is 1870 g/mol. The summed E-state index contributed by atoms with van der Waals surface area (Å²) in [7, 11) is 7.00. The average Bonchev–Trinajstić information content (AvgIpc) is 1.73. The van der Waals surface area contributed by atoms with E-state index in [4.69, 9.17) is 5.73 Å². The van der Waals surface area contributed by atoms with Gasteiger partial charge in [0.25, 0.3) is 0 Å². The minimum atomic E-state index is -1.06. The number of likely N-dealkylation sites (tertiary alicyclic amines) is 6. The molecule has 11 atom stereocenters. The van der Waals surface area contributed by atoms with E-state index in [1.165, 1.54) is 23.5 Å². The summed E-state index contributed by atoms with van der Waals surface area (Å²) in [6.07, 6.45) is 13.1. The van der Waals surface area contributed by atoms with E-state index in [1.54, 1.807) is 0 Å². The summed E-state index contributed by atoms with van der Waals surface area (Å²) in [6, 6.07) is -1.99. The highest BCUT2D eigenvalue weighted by molar-refractivity contribution is 8.01. The van der Waals surface area contributed by atoms with Crippen molar-refractivity contribution in [3.8, 4) is 0 Å². The number of carbonyl (C=O) groups is 24. The van der Waals surface area contributed by atoms with E-state index in [0.717, 1.165) is 73.3 Å². The summed E-state index contributed by atoms with van der Waals surface area (Å²) in [5.41, 5.74) is 3.69. The predicted molar refractivity (Wildman–Crippen MR) is 512 cm³/mol. The second kappa shape index (κ2) is 63.5. The molecule has 0 aromatic heterocycles. The summed E-state index contributed by atoms with van der Waals surface area (Å²) in [4.78, 5) is 310. The van der Waals surface area contributed by atoms with Crippen molar-refractivity contribution in [2.75, 3.05) is 109 Å². The zero-order valence-electron chi connectivity index (χ0n) is 77.2. The van der Waals surface area contributed by atoms with Gasteiger partial charge >= 0.3 is 0 Å². The van der Waals surface area contributed by atoms with Crippen LogP contribution < -0.4 is 58.9 Å². The molecule has 47 heteroatoms. The van der Waals surface area contributed by atoms with Gasteiger partial charge in [0.15, 0.2) is 0 Å². The summed E-state index contributed by atoms with van der Waals surface area (Å²) in [5.74, 6) is -8.08. The minimum Gasteiger partial charge on any atom is -0.370 e. The molecule has 0 radical (unpaired) electrons. The molecule has 0 spiro atoms. The monoisotopic (exact) mass is 2010 g/mol. The first-order chi connectivity index (χ1) is 64.6. The van der Waals surface area contributed by atoms with Crippen LogP contribution in [0, 0.1) is 0 Å². The molecule has 6 fully saturated rings. The molecule has 752 valence electrons. The van der Waals surface area contributed by atoms with E-state index < -0.39 is 122 Å². The van der Waals surface area contributed by atoms with Crippen LogP contribution in [0.3, 0.4) is 0 Å². The second-order valence-corrected chi connectivity index (χ2v) is 40.6. The Morgan fingerprint density at radius 2 is 0.504 bits per heavy atom. The Morgan fingerprint density at radius 3 is 0.815 bits per heavy atom. The molecule has 10 unspecified atom stereocenters. The third-order valence-corrected chi connectivity index (χ3v) is 28.6. The molecule has 0 aliphatic carbocycles. The van der Waals surface area contributed by atoms with E-state index in [0.29, 0.717) is 147 Å². The van der Waals surface area contributed by atoms with Crippen LogP contribution in [0.5, 0.6) is 0 Å². The van der Waals surface area contributed by atoms with Crippen LogP contribution >= 0.6 is 63.0 Å². The Hall–Kier alpha value is -8.98. The number of primary amides is 1. The Kier molecular flexibility index (Phi) is 54.0. The Balaban J connectivity index is 0.832. The molecule has 6 aliphatic heterocycles. The number of unbranched alkanes of at least 4 members (excludes halogenated alkanes) is 14. The highest BCUT2D eigenvalue weighted by Crippen LogP contribution is 2.30. The van der Waals surface area contributed by atoms with Crippen LogP contribution in [-0.2, 0) is 115 Å². The first-order valence-corrected chi connectivity index (χ1v) is 52.5. The second-order valence-electron chi connectivity index (χ2n) is 34.2. The fraction of sp³-hybridized carbons (Fsp3) is 0.727. The third kappa shape index (κ3) is 43.3. The summed E-state index contributed by atoms with van der Waals surface area (Å²) < 4.78 is 0. The number of hydrogen-bond donors (Lipinski definition) is 11. The van der Waals surface area contributed by atoms with E-state index in [9.17, 15) is 115 Å². The van der Waals surface area contributed by atoms with Crippen molar-refractivity contribution in [2.24, 2.45) is 5.73 Å². The van der Waals surface area contributed by atoms with Crippen LogP contribution in [0.2, 0.25) is 0 Å². The van der Waals surface area contributed by atoms with Crippen molar-refractivity contribution in [3.05, 3.63) is 0 Å². The lowest BCUT2D eigenvalue weighted by Gasteiger charge is -2.20. The molecule has 12 N–H and O–H groups in total. The van der Waals surface area contributed by atoms with Crippen LogP contribution in [0.15, 0.2) is 0 Å². The lowest BCUT2D eigenvalue weighted by Crippen LogP contribution is -2.47. The number of nitrogens with zero attached hydrogens (tertiary/aromatic N) is 6. The Morgan fingerprint density at radius 1 is 0.267 bits per heavy atom. The fourth-order valence-corrected chi connectivity index (χ4v) is 20.1. The van der Waals surface area contributed by atoms with Gasteiger partial charge < -0.3 is 58.9 Å². The zero-order chi connectivity index (χ0) is 98.7. The molecule has 0 saturated carbocycles. The third-order valence-electron chi connectivity index (χ3n) is 23.4. The number of carbonyl (C=O) groups excluding carboxylic acids is 24. The number of hydrogen-bond acceptors (Lipinski definition) is 27. The van der Waals surface area contributed by atoms with Gasteiger partial charge in [-0.1, -0.05) is 57.8 Å². The average molecular weight is 2010 g/mol. The van der Waals surface area contributed by atoms with Crippen LogP contribution in [0.25, 0.3) is 0 Å². The first-order valence-electron chi connectivity index (χ1n) is 47.3. The molecule has 135 heavy (non-hydrogen) atoms. The SMILES string of the molecule is NC(=O)CCN1C(=O)CC(SCCC(=O)NCCCCCCNC(=O)[C@H](CCCCNC(=O)CCN2C(=O)CC(SCCC(=O)NCCCCCCNC(=O)CCCCCNC(=O)CCN3C(=O)CC(P)C3=O)C2=O)NC(=O)CCN2C(=O)CC(SCCC(=O)NCCCCCCNC(=O)C(CCCCCC(=O)CCN3C(=O)CC(P)C3=O)NC(=O)CCN3C(=O)CC(P)C3=O)C2=O)C1=O. The molecule has 0 aromatic rings. The van der Waals surface area contributed by atoms with Crippen molar-refractivity contribution >= 4 is 205 Å². The van der Waals surface area contributed by atoms with Crippen LogP contribution in [0.4, 0.5) is 0 Å². The lowest BCUT2D eigenvalue weighted by atomic mass is 10.0. The van der Waals surface area contributed by atoms with E-state index in [-0.39, 0.29) is 245 Å². The van der Waals surface area contributed by atoms with Gasteiger partial charge in [0.05, 0.1) is 32.7 Å². The first kappa shape index (κ1) is 115. The van der Waals surface area contributed by atoms with Gasteiger partial charge in [-0.25, -0.2) is 0 Å². The largest absolute Gasteiger partial charge is 0.370 e. The number of amides is 23. The molecule has 6 aliphatic rings. The molecular formula is C88H138N17O24P3S3. The lowest BCUT2D eigenvalue weighted by molar-refractivity contribution is -0.140. The molecule has 0 aromatic carbocycles. The molecule has 0 bridgehead atoms. The number of Topliss-reactive ketones (excluding diaryl/α,β-unsaturated/α-hetero) is 1. The maximum atomic E-state index is 13.8. The van der Waals surface area contributed by atoms with Gasteiger partial charge in [-0.3, -0.25) is 144 Å². The summed E-state index contributed by atoms with van der Waals surface area (Å²) in [5, 5.41) is 26.1. The van der Waals surface area contributed by atoms with Crippen LogP contribution in [0.1, 0.15) is 250 Å². The fourth-order valence-electron chi connectivity index (χ4n) is 15.6. The molecule has 6 heterocycles. The maximum absolute atomic E-state index is 13.8.